The molecular formula is C16H12FNO3. The van der Waals surface area contributed by atoms with Crippen molar-refractivity contribution in [1.29, 1.82) is 0 Å². The Hall–Kier alpha value is -2.69. The van der Waals surface area contributed by atoms with Crippen LogP contribution in [0.3, 0.4) is 0 Å². The Balaban J connectivity index is 1.94. The number of imide groups is 1. The first-order valence-electron chi connectivity index (χ1n) is 6.39. The summed E-state index contributed by atoms with van der Waals surface area (Å²) in [6.45, 7) is 0.0514. The molecule has 1 aliphatic heterocycles. The molecule has 1 aliphatic rings. The summed E-state index contributed by atoms with van der Waals surface area (Å²) >= 11 is 0. The van der Waals surface area contributed by atoms with Gasteiger partial charge in [-0.05, 0) is 18.2 Å². The van der Waals surface area contributed by atoms with Crippen LogP contribution in [0.5, 0.6) is 5.75 Å². The van der Waals surface area contributed by atoms with Gasteiger partial charge >= 0.3 is 0 Å². The number of methoxy groups -OCH3 is 1. The molecule has 0 saturated carbocycles. The maximum atomic E-state index is 13.2. The summed E-state index contributed by atoms with van der Waals surface area (Å²) in [7, 11) is 1.42. The average molecular weight is 285 g/mol. The lowest BCUT2D eigenvalue weighted by Gasteiger charge is -2.16. The minimum atomic E-state index is -0.432. The van der Waals surface area contributed by atoms with Crippen LogP contribution < -0.4 is 4.74 Å². The highest BCUT2D eigenvalue weighted by Crippen LogP contribution is 2.27. The zero-order valence-electron chi connectivity index (χ0n) is 11.3. The highest BCUT2D eigenvalue weighted by atomic mass is 19.1. The van der Waals surface area contributed by atoms with E-state index in [0.29, 0.717) is 22.4 Å². The van der Waals surface area contributed by atoms with Gasteiger partial charge in [0.05, 0.1) is 24.8 Å². The van der Waals surface area contributed by atoms with E-state index in [9.17, 15) is 14.0 Å². The topological polar surface area (TPSA) is 46.6 Å². The number of carbonyl (C=O) groups excluding carboxylic acids is 2. The van der Waals surface area contributed by atoms with E-state index in [0.717, 1.165) is 4.90 Å². The predicted molar refractivity (Wildman–Crippen MR) is 73.6 cm³/mol. The van der Waals surface area contributed by atoms with Crippen LogP contribution in [0.1, 0.15) is 26.3 Å². The fourth-order valence-corrected chi connectivity index (χ4v) is 2.40. The van der Waals surface area contributed by atoms with Gasteiger partial charge < -0.3 is 4.74 Å². The molecule has 2 amide bonds. The lowest BCUT2D eigenvalue weighted by molar-refractivity contribution is 0.0641. The summed E-state index contributed by atoms with van der Waals surface area (Å²) in [4.78, 5) is 25.7. The summed E-state index contributed by atoms with van der Waals surface area (Å²) in [6, 6.07) is 10.7. The maximum Gasteiger partial charge on any atom is 0.261 e. The van der Waals surface area contributed by atoms with Crippen LogP contribution in [0.4, 0.5) is 4.39 Å². The van der Waals surface area contributed by atoms with Crippen LogP contribution >= 0.6 is 0 Å². The lowest BCUT2D eigenvalue weighted by Crippen LogP contribution is -2.29. The standard InChI is InChI=1S/C16H12FNO3/c1-21-14-8-11(17)7-6-10(14)9-18-15(19)12-4-2-3-5-13(12)16(18)20/h2-8H,9H2,1H3. The quantitative estimate of drug-likeness (QED) is 0.814. The van der Waals surface area contributed by atoms with Gasteiger partial charge in [0.15, 0.2) is 0 Å². The van der Waals surface area contributed by atoms with Crippen molar-refractivity contribution in [3.63, 3.8) is 0 Å². The van der Waals surface area contributed by atoms with Gasteiger partial charge in [-0.1, -0.05) is 18.2 Å². The summed E-state index contributed by atoms with van der Waals surface area (Å²) in [5.41, 5.74) is 1.36. The summed E-state index contributed by atoms with van der Waals surface area (Å²) < 4.78 is 18.3. The Morgan fingerprint density at radius 2 is 1.67 bits per heavy atom. The van der Waals surface area contributed by atoms with E-state index in [1.54, 1.807) is 24.3 Å². The molecule has 0 bridgehead atoms. The van der Waals surface area contributed by atoms with E-state index < -0.39 is 5.82 Å². The second-order valence-electron chi connectivity index (χ2n) is 4.70. The maximum absolute atomic E-state index is 13.2. The average Bonchev–Trinajstić information content (AvgIpc) is 2.74. The molecule has 0 aliphatic carbocycles. The Morgan fingerprint density at radius 1 is 1.05 bits per heavy atom. The molecule has 4 nitrogen and oxygen atoms in total. The number of nitrogens with zero attached hydrogens (tertiary/aromatic N) is 1. The number of fused-ring (bicyclic) bond motifs is 1. The van der Waals surface area contributed by atoms with Crippen molar-refractivity contribution in [2.45, 2.75) is 6.54 Å². The van der Waals surface area contributed by atoms with Gasteiger partial charge in [-0.25, -0.2) is 4.39 Å². The molecule has 5 heteroatoms. The molecule has 0 atom stereocenters. The second kappa shape index (κ2) is 5.01. The second-order valence-corrected chi connectivity index (χ2v) is 4.70. The number of benzene rings is 2. The van der Waals surface area contributed by atoms with Crippen molar-refractivity contribution >= 4 is 11.8 Å². The molecule has 0 aromatic heterocycles. The molecule has 0 N–H and O–H groups in total. The Labute approximate surface area is 120 Å². The van der Waals surface area contributed by atoms with E-state index in [4.69, 9.17) is 4.74 Å². The molecule has 0 radical (unpaired) electrons. The highest BCUT2D eigenvalue weighted by Gasteiger charge is 2.35. The molecule has 0 saturated heterocycles. The minimum absolute atomic E-state index is 0.0514. The third-order valence-electron chi connectivity index (χ3n) is 3.46. The molecule has 2 aromatic carbocycles. The zero-order chi connectivity index (χ0) is 15.0. The largest absolute Gasteiger partial charge is 0.496 e. The molecule has 106 valence electrons. The SMILES string of the molecule is COc1cc(F)ccc1CN1C(=O)c2ccccc2C1=O. The Morgan fingerprint density at radius 3 is 2.24 bits per heavy atom. The fraction of sp³-hybridized carbons (Fsp3) is 0.125. The Bertz CT molecular complexity index is 707. The van der Waals surface area contributed by atoms with Gasteiger partial charge in [0, 0.05) is 11.6 Å². The van der Waals surface area contributed by atoms with Crippen molar-refractivity contribution < 1.29 is 18.7 Å². The van der Waals surface area contributed by atoms with E-state index >= 15 is 0 Å². The molecule has 21 heavy (non-hydrogen) atoms. The summed E-state index contributed by atoms with van der Waals surface area (Å²) in [5.74, 6) is -0.812. The molecular weight excluding hydrogens is 273 g/mol. The molecule has 2 aromatic rings. The van der Waals surface area contributed by atoms with Gasteiger partial charge in [-0.2, -0.15) is 0 Å². The van der Waals surface area contributed by atoms with Gasteiger partial charge in [0.1, 0.15) is 11.6 Å². The number of amides is 2. The van der Waals surface area contributed by atoms with Crippen LogP contribution in [0.25, 0.3) is 0 Å². The number of ether oxygens (including phenoxy) is 1. The number of rotatable bonds is 3. The molecule has 3 rings (SSSR count). The van der Waals surface area contributed by atoms with Crippen molar-refractivity contribution in [3.05, 3.63) is 65.0 Å². The van der Waals surface area contributed by atoms with Crippen LogP contribution in [0.2, 0.25) is 0 Å². The first-order valence-corrected chi connectivity index (χ1v) is 6.39. The number of carbonyl (C=O) groups is 2. The fourth-order valence-electron chi connectivity index (χ4n) is 2.40. The van der Waals surface area contributed by atoms with E-state index in [1.807, 2.05) is 0 Å². The third-order valence-corrected chi connectivity index (χ3v) is 3.46. The molecule has 0 spiro atoms. The van der Waals surface area contributed by atoms with Crippen molar-refractivity contribution in [3.8, 4) is 5.75 Å². The smallest absolute Gasteiger partial charge is 0.261 e. The van der Waals surface area contributed by atoms with E-state index in [-0.39, 0.29) is 18.4 Å². The first kappa shape index (κ1) is 13.3. The van der Waals surface area contributed by atoms with E-state index in [2.05, 4.69) is 0 Å². The van der Waals surface area contributed by atoms with Crippen LogP contribution in [-0.4, -0.2) is 23.8 Å². The van der Waals surface area contributed by atoms with Gasteiger partial charge in [-0.3, -0.25) is 14.5 Å². The molecule has 1 heterocycles. The molecule has 0 fully saturated rings. The number of hydrogen-bond donors (Lipinski definition) is 0. The highest BCUT2D eigenvalue weighted by molar-refractivity contribution is 6.21. The predicted octanol–water partition coefficient (Wildman–Crippen LogP) is 2.63. The van der Waals surface area contributed by atoms with Crippen molar-refractivity contribution in [2.24, 2.45) is 0 Å². The number of hydrogen-bond acceptors (Lipinski definition) is 3. The van der Waals surface area contributed by atoms with Crippen molar-refractivity contribution in [2.75, 3.05) is 7.11 Å². The normalized spacial score (nSPS) is 13.5. The summed E-state index contributed by atoms with van der Waals surface area (Å²) in [6.07, 6.45) is 0. The Kier molecular flexibility index (Phi) is 3.17. The third kappa shape index (κ3) is 2.16. The van der Waals surface area contributed by atoms with Gasteiger partial charge in [0.2, 0.25) is 0 Å². The van der Waals surface area contributed by atoms with Crippen LogP contribution in [0.15, 0.2) is 42.5 Å². The lowest BCUT2D eigenvalue weighted by atomic mass is 10.1. The number of halogens is 1. The van der Waals surface area contributed by atoms with Gasteiger partial charge in [0.25, 0.3) is 11.8 Å². The van der Waals surface area contributed by atoms with Crippen LogP contribution in [-0.2, 0) is 6.54 Å². The van der Waals surface area contributed by atoms with Crippen LogP contribution in [0, 0.1) is 5.82 Å². The van der Waals surface area contributed by atoms with E-state index in [1.165, 1.54) is 25.3 Å². The molecule has 0 unspecified atom stereocenters. The minimum Gasteiger partial charge on any atom is -0.496 e. The zero-order valence-corrected chi connectivity index (χ0v) is 11.3. The monoisotopic (exact) mass is 285 g/mol. The van der Waals surface area contributed by atoms with Gasteiger partial charge in [-0.15, -0.1) is 0 Å². The summed E-state index contributed by atoms with van der Waals surface area (Å²) in [5, 5.41) is 0. The first-order chi connectivity index (χ1) is 10.1. The van der Waals surface area contributed by atoms with Crippen molar-refractivity contribution in [1.82, 2.24) is 4.90 Å².